The van der Waals surface area contributed by atoms with Crippen LogP contribution in [0.3, 0.4) is 0 Å². The highest BCUT2D eigenvalue weighted by Crippen LogP contribution is 2.25. The number of benzene rings is 1. The minimum atomic E-state index is -0.359. The molecule has 7 nitrogen and oxygen atoms in total. The third-order valence-corrected chi connectivity index (χ3v) is 4.56. The third kappa shape index (κ3) is 5.59. The Bertz CT molecular complexity index is 871. The van der Waals surface area contributed by atoms with E-state index in [1.807, 2.05) is 17.5 Å². The summed E-state index contributed by atoms with van der Waals surface area (Å²) in [6.07, 6.45) is 0. The molecule has 0 fully saturated rings. The number of carbonyl (C=O) groups is 1. The number of nitrogens with one attached hydrogen (secondary N) is 2. The molecule has 0 bridgehead atoms. The Morgan fingerprint density at radius 1 is 1.21 bits per heavy atom. The van der Waals surface area contributed by atoms with E-state index in [1.165, 1.54) is 23.5 Å². The van der Waals surface area contributed by atoms with E-state index >= 15 is 0 Å². The van der Waals surface area contributed by atoms with Crippen LogP contribution in [0.5, 0.6) is 0 Å². The van der Waals surface area contributed by atoms with Crippen molar-refractivity contribution in [2.45, 2.75) is 0 Å². The molecule has 1 amide bonds. The number of hydrogen-bond donors (Lipinski definition) is 2. The molecule has 0 aliphatic heterocycles. The van der Waals surface area contributed by atoms with Gasteiger partial charge >= 0.3 is 0 Å². The Morgan fingerprint density at radius 3 is 2.68 bits per heavy atom. The van der Waals surface area contributed by atoms with Gasteiger partial charge in [-0.25, -0.2) is 14.1 Å². The molecule has 150 valence electrons. The molecule has 10 heteroatoms. The van der Waals surface area contributed by atoms with E-state index in [2.05, 4.69) is 20.7 Å². The van der Waals surface area contributed by atoms with Gasteiger partial charge in [0.25, 0.3) is 5.91 Å². The van der Waals surface area contributed by atoms with E-state index in [9.17, 15) is 9.18 Å². The molecule has 28 heavy (non-hydrogen) atoms. The second kappa shape index (κ2) is 10.9. The third-order valence-electron chi connectivity index (χ3n) is 3.69. The van der Waals surface area contributed by atoms with E-state index in [1.54, 1.807) is 23.9 Å². The Balaban J connectivity index is 0.00000280. The highest BCUT2D eigenvalue weighted by Gasteiger charge is 2.19. The van der Waals surface area contributed by atoms with Crippen LogP contribution in [0.2, 0.25) is 0 Å². The summed E-state index contributed by atoms with van der Waals surface area (Å²) in [5.74, 6) is -0.0858. The number of amides is 1. The molecule has 0 atom stereocenters. The van der Waals surface area contributed by atoms with Crippen LogP contribution in [0.25, 0.3) is 16.4 Å². The zero-order valence-electron chi connectivity index (χ0n) is 15.2. The van der Waals surface area contributed by atoms with Crippen molar-refractivity contribution in [3.8, 4) is 16.4 Å². The predicted molar refractivity (Wildman–Crippen MR) is 109 cm³/mol. The zero-order chi connectivity index (χ0) is 19.1. The number of carbonyl (C=O) groups excluding carboxylic acids is 1. The molecule has 0 aliphatic rings. The lowest BCUT2D eigenvalue weighted by atomic mass is 10.3. The molecular formula is C18H21ClFN5O2S. The van der Waals surface area contributed by atoms with Crippen molar-refractivity contribution in [2.75, 3.05) is 33.4 Å². The summed E-state index contributed by atoms with van der Waals surface area (Å²) in [5, 5.41) is 12.2. The average molecular weight is 426 g/mol. The monoisotopic (exact) mass is 425 g/mol. The fraction of sp³-hybridized carbons (Fsp3) is 0.278. The highest BCUT2D eigenvalue weighted by atomic mass is 35.5. The van der Waals surface area contributed by atoms with Gasteiger partial charge < -0.3 is 15.4 Å². The van der Waals surface area contributed by atoms with Gasteiger partial charge in [0.05, 0.1) is 17.2 Å². The maximum atomic E-state index is 13.2. The summed E-state index contributed by atoms with van der Waals surface area (Å²) in [5.41, 5.74) is 0.632. The second-order valence-corrected chi connectivity index (χ2v) is 6.57. The van der Waals surface area contributed by atoms with Crippen LogP contribution in [0.1, 0.15) is 10.6 Å². The van der Waals surface area contributed by atoms with E-state index in [-0.39, 0.29) is 30.0 Å². The Labute approximate surface area is 172 Å². The average Bonchev–Trinajstić information content (AvgIpc) is 3.34. The molecule has 0 radical (unpaired) electrons. The molecule has 1 aromatic carbocycles. The minimum absolute atomic E-state index is 0. The quantitative estimate of drug-likeness (QED) is 0.515. The first kappa shape index (κ1) is 22.0. The summed E-state index contributed by atoms with van der Waals surface area (Å²) in [6.45, 7) is 2.39. The Hall–Kier alpha value is -2.33. The Morgan fingerprint density at radius 2 is 2.00 bits per heavy atom. The predicted octanol–water partition coefficient (Wildman–Crippen LogP) is 2.52. The van der Waals surface area contributed by atoms with Crippen LogP contribution >= 0.6 is 23.7 Å². The van der Waals surface area contributed by atoms with Gasteiger partial charge in [-0.15, -0.1) is 28.8 Å². The van der Waals surface area contributed by atoms with E-state index in [0.29, 0.717) is 37.8 Å². The smallest absolute Gasteiger partial charge is 0.291 e. The van der Waals surface area contributed by atoms with E-state index in [0.717, 1.165) is 4.88 Å². The van der Waals surface area contributed by atoms with Crippen LogP contribution in [0.4, 0.5) is 4.39 Å². The summed E-state index contributed by atoms with van der Waals surface area (Å²) < 4.78 is 19.7. The van der Waals surface area contributed by atoms with Crippen LogP contribution in [-0.2, 0) is 4.74 Å². The molecule has 0 saturated heterocycles. The van der Waals surface area contributed by atoms with E-state index < -0.39 is 0 Å². The van der Waals surface area contributed by atoms with Gasteiger partial charge in [0.15, 0.2) is 5.82 Å². The van der Waals surface area contributed by atoms with Crippen molar-refractivity contribution in [2.24, 2.45) is 0 Å². The molecule has 0 saturated carbocycles. The van der Waals surface area contributed by atoms with Crippen LogP contribution < -0.4 is 10.6 Å². The van der Waals surface area contributed by atoms with Gasteiger partial charge in [0, 0.05) is 26.7 Å². The van der Waals surface area contributed by atoms with Crippen molar-refractivity contribution >= 4 is 29.7 Å². The van der Waals surface area contributed by atoms with Crippen molar-refractivity contribution in [1.29, 1.82) is 0 Å². The first-order valence-corrected chi connectivity index (χ1v) is 9.31. The number of halogens is 2. The van der Waals surface area contributed by atoms with Crippen LogP contribution in [0.15, 0.2) is 41.8 Å². The van der Waals surface area contributed by atoms with Crippen molar-refractivity contribution < 1.29 is 13.9 Å². The molecule has 2 aromatic heterocycles. The maximum absolute atomic E-state index is 13.2. The number of rotatable bonds is 9. The molecule has 2 N–H and O–H groups in total. The van der Waals surface area contributed by atoms with Gasteiger partial charge in [0.2, 0.25) is 5.82 Å². The largest absolute Gasteiger partial charge is 0.383 e. The van der Waals surface area contributed by atoms with Crippen molar-refractivity contribution in [3.63, 3.8) is 0 Å². The van der Waals surface area contributed by atoms with Gasteiger partial charge in [-0.3, -0.25) is 4.79 Å². The number of nitrogens with zero attached hydrogens (tertiary/aromatic N) is 3. The number of methoxy groups -OCH3 is 1. The topological polar surface area (TPSA) is 81.1 Å². The highest BCUT2D eigenvalue weighted by molar-refractivity contribution is 7.13. The molecular weight excluding hydrogens is 405 g/mol. The van der Waals surface area contributed by atoms with Gasteiger partial charge in [-0.1, -0.05) is 6.07 Å². The fourth-order valence-corrected chi connectivity index (χ4v) is 3.08. The van der Waals surface area contributed by atoms with Gasteiger partial charge in [-0.2, -0.15) is 0 Å². The molecule has 0 aliphatic carbocycles. The number of ether oxygens (including phenoxy) is 1. The molecule has 0 spiro atoms. The first-order chi connectivity index (χ1) is 13.2. The SMILES string of the molecule is COCCNCCNC(=O)c1nc(-c2cccs2)n(-c2ccc(F)cc2)n1.Cl. The minimum Gasteiger partial charge on any atom is -0.383 e. The lowest BCUT2D eigenvalue weighted by Gasteiger charge is -2.04. The standard InChI is InChI=1S/C18H20FN5O2S.ClH/c1-26-11-10-20-8-9-21-18(25)16-22-17(15-3-2-12-27-15)24(23-16)14-6-4-13(19)5-7-14;/h2-7,12,20H,8-11H2,1H3,(H,21,25);1H. The molecule has 0 unspecified atom stereocenters. The zero-order valence-corrected chi connectivity index (χ0v) is 16.9. The summed E-state index contributed by atoms with van der Waals surface area (Å²) in [6, 6.07) is 9.69. The molecule has 3 rings (SSSR count). The second-order valence-electron chi connectivity index (χ2n) is 5.62. The van der Waals surface area contributed by atoms with Crippen LogP contribution in [-0.4, -0.2) is 54.0 Å². The van der Waals surface area contributed by atoms with Crippen LogP contribution in [0, 0.1) is 5.82 Å². The van der Waals surface area contributed by atoms with Crippen molar-refractivity contribution in [3.05, 3.63) is 53.4 Å². The molecule has 3 aromatic rings. The maximum Gasteiger partial charge on any atom is 0.291 e. The lowest BCUT2D eigenvalue weighted by Crippen LogP contribution is -2.33. The van der Waals surface area contributed by atoms with Gasteiger partial charge in [-0.05, 0) is 35.7 Å². The normalized spacial score (nSPS) is 10.5. The summed E-state index contributed by atoms with van der Waals surface area (Å²) in [4.78, 5) is 17.7. The number of thiophene rings is 1. The number of aromatic nitrogens is 3. The lowest BCUT2D eigenvalue weighted by molar-refractivity contribution is 0.0943. The van der Waals surface area contributed by atoms with E-state index in [4.69, 9.17) is 4.74 Å². The van der Waals surface area contributed by atoms with Crippen molar-refractivity contribution in [1.82, 2.24) is 25.4 Å². The fourth-order valence-electron chi connectivity index (χ4n) is 2.38. The first-order valence-electron chi connectivity index (χ1n) is 8.44. The Kier molecular flexibility index (Phi) is 8.52. The summed E-state index contributed by atoms with van der Waals surface area (Å²) >= 11 is 1.49. The molecule has 2 heterocycles. The van der Waals surface area contributed by atoms with Gasteiger partial charge in [0.1, 0.15) is 5.82 Å². The summed E-state index contributed by atoms with van der Waals surface area (Å²) in [7, 11) is 1.64. The number of hydrogen-bond acceptors (Lipinski definition) is 6.